The van der Waals surface area contributed by atoms with Crippen LogP contribution >= 0.6 is 23.2 Å². The molecule has 1 heterocycles. The Morgan fingerprint density at radius 2 is 1.51 bits per heavy atom. The molecule has 1 aliphatic heterocycles. The number of nitrogens with one attached hydrogen (secondary N) is 1. The molecule has 202 valence electrons. The fourth-order valence-electron chi connectivity index (χ4n) is 6.92. The Morgan fingerprint density at radius 1 is 0.878 bits per heavy atom. The number of carbonyl (C=O) groups excluding carboxylic acids is 3. The van der Waals surface area contributed by atoms with Gasteiger partial charge >= 0.3 is 0 Å². The highest BCUT2D eigenvalue weighted by Crippen LogP contribution is 2.63. The molecule has 8 heteroatoms. The van der Waals surface area contributed by atoms with Gasteiger partial charge in [-0.2, -0.15) is 5.10 Å². The van der Waals surface area contributed by atoms with Gasteiger partial charge in [0.15, 0.2) is 0 Å². The highest BCUT2D eigenvalue weighted by molar-refractivity contribution is 6.36. The number of carbonyl (C=O) groups is 3. The molecule has 1 saturated heterocycles. The maximum atomic E-state index is 14.4. The van der Waals surface area contributed by atoms with Gasteiger partial charge in [-0.1, -0.05) is 89.4 Å². The van der Waals surface area contributed by atoms with Crippen LogP contribution in [0.1, 0.15) is 44.1 Å². The van der Waals surface area contributed by atoms with E-state index in [1.165, 1.54) is 17.0 Å². The monoisotopic (exact) mass is 579 g/mol. The number of rotatable bonds is 4. The number of anilines is 1. The smallest absolute Gasteiger partial charge is 0.272 e. The quantitative estimate of drug-likeness (QED) is 0.176. The number of nitrogens with zero attached hydrogens (tertiary/aromatic N) is 2. The average Bonchev–Trinajstić information content (AvgIpc) is 3.24. The molecule has 0 unspecified atom stereocenters. The van der Waals surface area contributed by atoms with Crippen LogP contribution in [0.5, 0.6) is 0 Å². The highest BCUT2D eigenvalue weighted by atomic mass is 35.5. The molecule has 0 aromatic heterocycles. The highest BCUT2D eigenvalue weighted by Gasteiger charge is 2.68. The first kappa shape index (κ1) is 25.7. The lowest BCUT2D eigenvalue weighted by Crippen LogP contribution is -2.54. The standard InChI is InChI=1S/C33H23Cl2N3O3/c1-18-10-13-20(14-11-18)38-31(40)28-27-21-6-2-4-8-24(21)33(29(28)32(38)41,25-9-5-3-7-22(25)27)17-36-37-30(39)23-15-12-19(34)16-26(23)35/h2-17,27-29H,1H3,(H,37,39)/b36-17+/t27?,28-,29+,33?/m0/s1. The Balaban J connectivity index is 1.39. The van der Waals surface area contributed by atoms with E-state index in [-0.39, 0.29) is 28.3 Å². The number of benzene rings is 4. The van der Waals surface area contributed by atoms with E-state index in [0.717, 1.165) is 27.8 Å². The van der Waals surface area contributed by atoms with E-state index in [1.807, 2.05) is 79.7 Å². The molecule has 2 bridgehead atoms. The summed E-state index contributed by atoms with van der Waals surface area (Å²) in [5.41, 5.74) is 7.07. The molecule has 1 fully saturated rings. The first-order chi connectivity index (χ1) is 19.8. The van der Waals surface area contributed by atoms with Crippen LogP contribution in [0.4, 0.5) is 5.69 Å². The van der Waals surface area contributed by atoms with Crippen LogP contribution in [-0.2, 0) is 15.0 Å². The number of amides is 3. The van der Waals surface area contributed by atoms with Crippen LogP contribution in [0, 0.1) is 18.8 Å². The van der Waals surface area contributed by atoms with Crippen LogP contribution in [0.2, 0.25) is 10.0 Å². The first-order valence-corrected chi connectivity index (χ1v) is 14.0. The lowest BCUT2D eigenvalue weighted by Gasteiger charge is -2.52. The predicted octanol–water partition coefficient (Wildman–Crippen LogP) is 6.27. The molecule has 4 aliphatic rings. The summed E-state index contributed by atoms with van der Waals surface area (Å²) in [7, 11) is 0. The number of aryl methyl sites for hydroxylation is 1. The van der Waals surface area contributed by atoms with Crippen molar-refractivity contribution in [2.24, 2.45) is 16.9 Å². The summed E-state index contributed by atoms with van der Waals surface area (Å²) in [6.07, 6.45) is 1.63. The number of halogens is 2. The fourth-order valence-corrected chi connectivity index (χ4v) is 7.42. The van der Waals surface area contributed by atoms with Gasteiger partial charge in [-0.15, -0.1) is 0 Å². The van der Waals surface area contributed by atoms with Gasteiger partial charge in [-0.3, -0.25) is 14.4 Å². The maximum Gasteiger partial charge on any atom is 0.272 e. The minimum Gasteiger partial charge on any atom is -0.274 e. The van der Waals surface area contributed by atoms with E-state index in [9.17, 15) is 14.4 Å². The number of imide groups is 1. The first-order valence-electron chi connectivity index (χ1n) is 13.3. The summed E-state index contributed by atoms with van der Waals surface area (Å²) in [5.74, 6) is -2.68. The topological polar surface area (TPSA) is 78.8 Å². The molecule has 8 rings (SSSR count). The van der Waals surface area contributed by atoms with E-state index in [0.29, 0.717) is 10.7 Å². The third-order valence-electron chi connectivity index (χ3n) is 8.59. The number of hydrazone groups is 1. The van der Waals surface area contributed by atoms with Gasteiger partial charge in [0.05, 0.1) is 33.5 Å². The SMILES string of the molecule is Cc1ccc(N2C(=O)[C@H]3C4c5ccccc5C(/C=N/NC(=O)c5ccc(Cl)cc5Cl)(c5ccccc54)[C@H]3C2=O)cc1. The summed E-state index contributed by atoms with van der Waals surface area (Å²) in [4.78, 5) is 42.9. The number of hydrogen-bond donors (Lipinski definition) is 1. The molecule has 1 N–H and O–H groups in total. The van der Waals surface area contributed by atoms with Gasteiger partial charge in [0.2, 0.25) is 11.8 Å². The molecule has 4 aromatic carbocycles. The van der Waals surface area contributed by atoms with Gasteiger partial charge in [0, 0.05) is 17.2 Å². The molecule has 4 aromatic rings. The van der Waals surface area contributed by atoms with Gasteiger partial charge < -0.3 is 0 Å². The minimum atomic E-state index is -1.09. The Morgan fingerprint density at radius 3 is 2.15 bits per heavy atom. The van der Waals surface area contributed by atoms with E-state index in [4.69, 9.17) is 23.2 Å². The average molecular weight is 580 g/mol. The van der Waals surface area contributed by atoms with E-state index < -0.39 is 23.2 Å². The summed E-state index contributed by atoms with van der Waals surface area (Å²) in [6, 6.07) is 27.8. The summed E-state index contributed by atoms with van der Waals surface area (Å²) >= 11 is 12.3. The Bertz CT molecular complexity index is 1750. The minimum absolute atomic E-state index is 0.197. The molecule has 0 spiro atoms. The lowest BCUT2D eigenvalue weighted by molar-refractivity contribution is -0.122. The molecule has 6 nitrogen and oxygen atoms in total. The summed E-state index contributed by atoms with van der Waals surface area (Å²) in [6.45, 7) is 1.96. The van der Waals surface area contributed by atoms with Crippen molar-refractivity contribution < 1.29 is 14.4 Å². The van der Waals surface area contributed by atoms with Crippen LogP contribution in [0.15, 0.2) is 96.1 Å². The second kappa shape index (κ2) is 9.40. The molecule has 3 amide bonds. The Kier molecular flexibility index (Phi) is 5.89. The second-order valence-corrected chi connectivity index (χ2v) is 11.5. The predicted molar refractivity (Wildman–Crippen MR) is 159 cm³/mol. The fraction of sp³-hybridized carbons (Fsp3) is 0.152. The zero-order valence-electron chi connectivity index (χ0n) is 21.8. The van der Waals surface area contributed by atoms with E-state index >= 15 is 0 Å². The van der Waals surface area contributed by atoms with E-state index in [1.54, 1.807) is 12.3 Å². The molecule has 0 saturated carbocycles. The van der Waals surface area contributed by atoms with Crippen molar-refractivity contribution in [1.29, 1.82) is 0 Å². The van der Waals surface area contributed by atoms with Crippen molar-refractivity contribution in [3.05, 3.63) is 134 Å². The van der Waals surface area contributed by atoms with E-state index in [2.05, 4.69) is 10.5 Å². The Hall–Kier alpha value is -4.26. The third kappa shape index (κ3) is 3.64. The largest absolute Gasteiger partial charge is 0.274 e. The van der Waals surface area contributed by atoms with Crippen molar-refractivity contribution in [3.63, 3.8) is 0 Å². The zero-order chi connectivity index (χ0) is 28.5. The van der Waals surface area contributed by atoms with Crippen molar-refractivity contribution in [2.45, 2.75) is 18.3 Å². The lowest BCUT2D eigenvalue weighted by atomic mass is 9.47. The van der Waals surface area contributed by atoms with Crippen LogP contribution in [-0.4, -0.2) is 23.9 Å². The number of hydrogen-bond acceptors (Lipinski definition) is 4. The third-order valence-corrected chi connectivity index (χ3v) is 9.13. The normalized spacial score (nSPS) is 23.9. The molecular formula is C33H23Cl2N3O3. The molecule has 0 radical (unpaired) electrons. The van der Waals surface area contributed by atoms with Crippen molar-refractivity contribution in [2.75, 3.05) is 4.90 Å². The van der Waals surface area contributed by atoms with Gasteiger partial charge in [-0.25, -0.2) is 10.3 Å². The van der Waals surface area contributed by atoms with Crippen molar-refractivity contribution in [1.82, 2.24) is 5.43 Å². The second-order valence-electron chi connectivity index (χ2n) is 10.7. The molecular weight excluding hydrogens is 557 g/mol. The van der Waals surface area contributed by atoms with Crippen LogP contribution < -0.4 is 10.3 Å². The van der Waals surface area contributed by atoms with Gasteiger partial charge in [0.1, 0.15) is 0 Å². The zero-order valence-corrected chi connectivity index (χ0v) is 23.4. The van der Waals surface area contributed by atoms with Crippen LogP contribution in [0.3, 0.4) is 0 Å². The molecule has 41 heavy (non-hydrogen) atoms. The maximum absolute atomic E-state index is 14.4. The van der Waals surface area contributed by atoms with Gasteiger partial charge in [-0.05, 0) is 59.5 Å². The Labute approximate surface area is 246 Å². The van der Waals surface area contributed by atoms with Crippen molar-refractivity contribution in [3.8, 4) is 0 Å². The molecule has 3 aliphatic carbocycles. The summed E-state index contributed by atoms with van der Waals surface area (Å²) < 4.78 is 0. The summed E-state index contributed by atoms with van der Waals surface area (Å²) in [5, 5.41) is 5.04. The molecule has 2 atom stereocenters. The van der Waals surface area contributed by atoms with Crippen LogP contribution in [0.25, 0.3) is 0 Å². The van der Waals surface area contributed by atoms with Crippen molar-refractivity contribution >= 4 is 52.8 Å². The van der Waals surface area contributed by atoms with Gasteiger partial charge in [0.25, 0.3) is 5.91 Å².